The second-order valence-electron chi connectivity index (χ2n) is 5.87. The van der Waals surface area contributed by atoms with Gasteiger partial charge < -0.3 is 9.15 Å². The Labute approximate surface area is 149 Å². The minimum Gasteiger partial charge on any atom is -0.406 e. The number of alkyl halides is 5. The number of nitrogens with zero attached hydrogens (tertiary/aromatic N) is 2. The first-order chi connectivity index (χ1) is 12.5. The van der Waals surface area contributed by atoms with Gasteiger partial charge in [0.2, 0.25) is 5.92 Å². The van der Waals surface area contributed by atoms with Gasteiger partial charge in [-0.15, -0.1) is 13.2 Å². The fourth-order valence-corrected chi connectivity index (χ4v) is 2.09. The summed E-state index contributed by atoms with van der Waals surface area (Å²) < 4.78 is 68.6. The van der Waals surface area contributed by atoms with Crippen LogP contribution in [0.4, 0.5) is 22.0 Å². The summed E-state index contributed by atoms with van der Waals surface area (Å²) in [5.74, 6) is -3.10. The largest absolute Gasteiger partial charge is 0.573 e. The molecule has 0 unspecified atom stereocenters. The van der Waals surface area contributed by atoms with E-state index >= 15 is 0 Å². The van der Waals surface area contributed by atoms with Crippen LogP contribution in [0.3, 0.4) is 0 Å². The lowest BCUT2D eigenvalue weighted by molar-refractivity contribution is -0.274. The number of benzene rings is 1. The Bertz CT molecular complexity index is 1000. The first-order valence-corrected chi connectivity index (χ1v) is 7.75. The van der Waals surface area contributed by atoms with Gasteiger partial charge in [0, 0.05) is 25.5 Å². The maximum absolute atomic E-state index is 12.1. The lowest BCUT2D eigenvalue weighted by Gasteiger charge is -2.09. The standard InChI is InChI=1S/C14H9F3N2O3.C3H4F2/c1-19-12-11(21-13(19)20)7-6-10(18-12)8-2-4-9(5-3-8)22-14(15,16)17;4-3(5)1-2-3/h2-7H,1H3;1-2H2. The number of rotatable bonds is 2. The van der Waals surface area contributed by atoms with E-state index in [0.717, 1.165) is 0 Å². The Morgan fingerprint density at radius 3 is 2.22 bits per heavy atom. The van der Waals surface area contributed by atoms with E-state index in [-0.39, 0.29) is 18.6 Å². The van der Waals surface area contributed by atoms with Gasteiger partial charge in [0.15, 0.2) is 11.2 Å². The zero-order chi connectivity index (χ0) is 19.8. The average Bonchev–Trinajstić information content (AvgIpc) is 3.20. The maximum atomic E-state index is 12.1. The van der Waals surface area contributed by atoms with Crippen LogP contribution in [0.2, 0.25) is 0 Å². The quantitative estimate of drug-likeness (QED) is 0.607. The van der Waals surface area contributed by atoms with Crippen LogP contribution in [0.5, 0.6) is 5.75 Å². The highest BCUT2D eigenvalue weighted by atomic mass is 19.4. The van der Waals surface area contributed by atoms with Crippen molar-refractivity contribution in [1.82, 2.24) is 9.55 Å². The summed E-state index contributed by atoms with van der Waals surface area (Å²) in [6.45, 7) is 0. The van der Waals surface area contributed by atoms with Crippen LogP contribution >= 0.6 is 0 Å². The number of ether oxygens (including phenoxy) is 1. The van der Waals surface area contributed by atoms with E-state index < -0.39 is 18.0 Å². The van der Waals surface area contributed by atoms with Crippen LogP contribution in [0.1, 0.15) is 12.8 Å². The van der Waals surface area contributed by atoms with Crippen molar-refractivity contribution in [2.24, 2.45) is 7.05 Å². The molecule has 1 aromatic carbocycles. The average molecular weight is 388 g/mol. The van der Waals surface area contributed by atoms with Gasteiger partial charge in [-0.1, -0.05) is 0 Å². The van der Waals surface area contributed by atoms with Crippen molar-refractivity contribution in [1.29, 1.82) is 0 Å². The van der Waals surface area contributed by atoms with E-state index in [0.29, 0.717) is 22.5 Å². The highest BCUT2D eigenvalue weighted by molar-refractivity contribution is 5.73. The summed E-state index contributed by atoms with van der Waals surface area (Å²) in [5, 5.41) is 0. The molecule has 0 N–H and O–H groups in total. The minimum absolute atomic E-state index is 0.118. The molecule has 4 rings (SSSR count). The fraction of sp³-hybridized carbons (Fsp3) is 0.294. The number of aromatic nitrogens is 2. The number of fused-ring (bicyclic) bond motifs is 1. The number of hydrogen-bond acceptors (Lipinski definition) is 4. The molecule has 2 heterocycles. The topological polar surface area (TPSA) is 57.3 Å². The molecule has 0 atom stereocenters. The number of oxazole rings is 1. The highest BCUT2D eigenvalue weighted by Crippen LogP contribution is 2.40. The third-order valence-electron chi connectivity index (χ3n) is 3.64. The summed E-state index contributed by atoms with van der Waals surface area (Å²) in [5.41, 5.74) is 1.79. The van der Waals surface area contributed by atoms with Crippen molar-refractivity contribution < 1.29 is 31.1 Å². The SMILES string of the molecule is Cn1c(=O)oc2ccc(-c3ccc(OC(F)(F)F)cc3)nc21.FC1(F)CC1. The van der Waals surface area contributed by atoms with Gasteiger partial charge in [0.1, 0.15) is 5.75 Å². The molecule has 1 fully saturated rings. The van der Waals surface area contributed by atoms with Gasteiger partial charge in [-0.3, -0.25) is 4.57 Å². The van der Waals surface area contributed by atoms with E-state index in [4.69, 9.17) is 4.42 Å². The predicted molar refractivity (Wildman–Crippen MR) is 85.6 cm³/mol. The molecule has 0 bridgehead atoms. The van der Waals surface area contributed by atoms with E-state index in [1.54, 1.807) is 12.1 Å². The highest BCUT2D eigenvalue weighted by Gasteiger charge is 2.43. The van der Waals surface area contributed by atoms with E-state index in [9.17, 15) is 26.7 Å². The molecule has 1 aliphatic rings. The van der Waals surface area contributed by atoms with Crippen molar-refractivity contribution in [2.45, 2.75) is 25.1 Å². The van der Waals surface area contributed by atoms with Gasteiger partial charge in [0.25, 0.3) is 0 Å². The third kappa shape index (κ3) is 4.83. The summed E-state index contributed by atoms with van der Waals surface area (Å²) in [6.07, 6.45) is -4.49. The number of pyridine rings is 1. The molecule has 10 heteroatoms. The van der Waals surface area contributed by atoms with Crippen LogP contribution in [-0.4, -0.2) is 21.8 Å². The predicted octanol–water partition coefficient (Wildman–Crippen LogP) is 4.51. The Morgan fingerprint density at radius 1 is 1.11 bits per heavy atom. The number of hydrogen-bond donors (Lipinski definition) is 0. The number of aryl methyl sites for hydroxylation is 1. The summed E-state index contributed by atoms with van der Waals surface area (Å²) in [6, 6.07) is 8.50. The van der Waals surface area contributed by atoms with Crippen molar-refractivity contribution >= 4 is 11.2 Å². The van der Waals surface area contributed by atoms with Crippen molar-refractivity contribution in [3.05, 3.63) is 46.9 Å². The Balaban J connectivity index is 0.000000364. The molecule has 3 aromatic rings. The monoisotopic (exact) mass is 388 g/mol. The Morgan fingerprint density at radius 2 is 1.70 bits per heavy atom. The summed E-state index contributed by atoms with van der Waals surface area (Å²) in [4.78, 5) is 15.7. The molecule has 0 radical (unpaired) electrons. The van der Waals surface area contributed by atoms with Gasteiger partial charge in [-0.2, -0.15) is 0 Å². The van der Waals surface area contributed by atoms with E-state index in [2.05, 4.69) is 9.72 Å². The minimum atomic E-state index is -4.73. The summed E-state index contributed by atoms with van der Waals surface area (Å²) >= 11 is 0. The number of halogens is 5. The molecule has 0 spiro atoms. The second-order valence-corrected chi connectivity index (χ2v) is 5.87. The molecular weight excluding hydrogens is 375 g/mol. The van der Waals surface area contributed by atoms with E-state index in [1.165, 1.54) is 35.9 Å². The van der Waals surface area contributed by atoms with Crippen LogP contribution in [-0.2, 0) is 7.05 Å². The Kier molecular flexibility index (Phi) is 4.66. The molecule has 0 saturated heterocycles. The smallest absolute Gasteiger partial charge is 0.406 e. The molecule has 0 amide bonds. The molecule has 1 aliphatic carbocycles. The first kappa shape index (κ1) is 18.9. The van der Waals surface area contributed by atoms with Crippen LogP contribution in [0.15, 0.2) is 45.6 Å². The molecule has 144 valence electrons. The first-order valence-electron chi connectivity index (χ1n) is 7.75. The van der Waals surface area contributed by atoms with Gasteiger partial charge >= 0.3 is 12.1 Å². The van der Waals surface area contributed by atoms with Gasteiger partial charge in [-0.05, 0) is 36.4 Å². The molecule has 27 heavy (non-hydrogen) atoms. The fourth-order valence-electron chi connectivity index (χ4n) is 2.09. The third-order valence-corrected chi connectivity index (χ3v) is 3.64. The zero-order valence-electron chi connectivity index (χ0n) is 13.9. The molecule has 0 aliphatic heterocycles. The maximum Gasteiger partial charge on any atom is 0.573 e. The van der Waals surface area contributed by atoms with Crippen molar-refractivity contribution in [3.8, 4) is 17.0 Å². The van der Waals surface area contributed by atoms with Crippen LogP contribution in [0.25, 0.3) is 22.5 Å². The lowest BCUT2D eigenvalue weighted by Crippen LogP contribution is -2.16. The zero-order valence-corrected chi connectivity index (χ0v) is 13.9. The molecular formula is C17H13F5N2O3. The van der Waals surface area contributed by atoms with Crippen molar-refractivity contribution in [2.75, 3.05) is 0 Å². The summed E-state index contributed by atoms with van der Waals surface area (Å²) in [7, 11) is 1.52. The van der Waals surface area contributed by atoms with Gasteiger partial charge in [-0.25, -0.2) is 18.6 Å². The molecule has 5 nitrogen and oxygen atoms in total. The van der Waals surface area contributed by atoms with Crippen LogP contribution < -0.4 is 10.5 Å². The normalized spacial score (nSPS) is 15.2. The lowest BCUT2D eigenvalue weighted by atomic mass is 10.1. The Hall–Kier alpha value is -2.91. The second kappa shape index (κ2) is 6.67. The van der Waals surface area contributed by atoms with Gasteiger partial charge in [0.05, 0.1) is 5.69 Å². The van der Waals surface area contributed by atoms with E-state index in [1.807, 2.05) is 0 Å². The van der Waals surface area contributed by atoms with Crippen molar-refractivity contribution in [3.63, 3.8) is 0 Å². The van der Waals surface area contributed by atoms with Crippen LogP contribution in [0, 0.1) is 0 Å². The molecule has 2 aromatic heterocycles. The molecule has 1 saturated carbocycles.